The highest BCUT2D eigenvalue weighted by Crippen LogP contribution is 2.28. The number of benzene rings is 1. The molecule has 0 spiro atoms. The van der Waals surface area contributed by atoms with E-state index in [0.29, 0.717) is 32.6 Å². The van der Waals surface area contributed by atoms with Gasteiger partial charge in [0.05, 0.1) is 0 Å². The molecule has 2 aliphatic heterocycles. The van der Waals surface area contributed by atoms with E-state index in [9.17, 15) is 18.4 Å². The number of anilines is 1. The van der Waals surface area contributed by atoms with Gasteiger partial charge in [-0.2, -0.15) is 0 Å². The summed E-state index contributed by atoms with van der Waals surface area (Å²) in [5.41, 5.74) is 0.290. The number of piperazine rings is 1. The number of hydrogen-bond donors (Lipinski definition) is 1. The number of nitrogens with one attached hydrogen (secondary N) is 1. The van der Waals surface area contributed by atoms with Gasteiger partial charge in [-0.1, -0.05) is 0 Å². The zero-order chi connectivity index (χ0) is 16.6. The van der Waals surface area contributed by atoms with Gasteiger partial charge in [-0.25, -0.2) is 8.78 Å². The van der Waals surface area contributed by atoms with Crippen LogP contribution in [0.15, 0.2) is 18.2 Å². The molecule has 0 aromatic heterocycles. The van der Waals surface area contributed by atoms with Crippen molar-refractivity contribution >= 4 is 17.5 Å². The fourth-order valence-corrected chi connectivity index (χ4v) is 3.17. The number of nitrogens with zero attached hydrogens (tertiary/aromatic N) is 2. The number of rotatable bonds is 2. The number of carbonyl (C=O) groups is 2. The maximum absolute atomic E-state index is 13.4. The molecule has 0 unspecified atom stereocenters. The van der Waals surface area contributed by atoms with E-state index in [4.69, 9.17) is 0 Å². The van der Waals surface area contributed by atoms with Crippen molar-refractivity contribution in [3.8, 4) is 0 Å². The molecule has 1 aromatic carbocycles. The minimum atomic E-state index is -0.999. The summed E-state index contributed by atoms with van der Waals surface area (Å²) in [5.74, 6) is -3.20. The van der Waals surface area contributed by atoms with Crippen LogP contribution >= 0.6 is 0 Å². The summed E-state index contributed by atoms with van der Waals surface area (Å²) in [6.07, 6.45) is 0.398. The maximum Gasteiger partial charge on any atom is 0.239 e. The Labute approximate surface area is 133 Å². The van der Waals surface area contributed by atoms with Crippen molar-refractivity contribution in [2.45, 2.75) is 19.4 Å². The van der Waals surface area contributed by atoms with Crippen molar-refractivity contribution in [2.24, 2.45) is 5.92 Å². The van der Waals surface area contributed by atoms with Crippen molar-refractivity contribution in [3.05, 3.63) is 29.8 Å². The Bertz CT molecular complexity index is 638. The highest BCUT2D eigenvalue weighted by atomic mass is 19.2. The number of hydrogen-bond acceptors (Lipinski definition) is 3. The minimum Gasteiger partial charge on any atom is -0.339 e. The van der Waals surface area contributed by atoms with E-state index in [1.165, 1.54) is 11.0 Å². The minimum absolute atomic E-state index is 0.173. The average molecular weight is 323 g/mol. The van der Waals surface area contributed by atoms with Crippen LogP contribution in [0.5, 0.6) is 0 Å². The molecule has 0 aliphatic carbocycles. The van der Waals surface area contributed by atoms with Gasteiger partial charge in [0.15, 0.2) is 11.6 Å². The summed E-state index contributed by atoms with van der Waals surface area (Å²) in [6.45, 7) is 4.19. The summed E-state index contributed by atoms with van der Waals surface area (Å²) in [4.78, 5) is 28.1. The van der Waals surface area contributed by atoms with Crippen molar-refractivity contribution in [1.29, 1.82) is 0 Å². The van der Waals surface area contributed by atoms with E-state index in [1.54, 1.807) is 4.90 Å². The van der Waals surface area contributed by atoms with Gasteiger partial charge in [0.25, 0.3) is 0 Å². The standard InChI is InChI=1S/C16H19F2N3O2/c1-10-9-20(7-5-19-10)15(22)12-4-6-21(16(12)23)11-2-3-13(17)14(18)8-11/h2-3,8,10,12,19H,4-7,9H2,1H3/t10-,12+/m0/s1. The zero-order valence-electron chi connectivity index (χ0n) is 12.9. The third kappa shape index (κ3) is 3.06. The third-order valence-electron chi connectivity index (χ3n) is 4.40. The van der Waals surface area contributed by atoms with Crippen molar-refractivity contribution in [2.75, 3.05) is 31.1 Å². The molecule has 3 rings (SSSR count). The molecule has 0 bridgehead atoms. The molecule has 2 heterocycles. The second kappa shape index (κ2) is 6.23. The van der Waals surface area contributed by atoms with E-state index in [2.05, 4.69) is 5.32 Å². The van der Waals surface area contributed by atoms with E-state index in [-0.39, 0.29) is 23.5 Å². The third-order valence-corrected chi connectivity index (χ3v) is 4.40. The zero-order valence-corrected chi connectivity index (χ0v) is 12.9. The van der Waals surface area contributed by atoms with E-state index >= 15 is 0 Å². The smallest absolute Gasteiger partial charge is 0.239 e. The molecular formula is C16H19F2N3O2. The van der Waals surface area contributed by atoms with Gasteiger partial charge in [-0.05, 0) is 25.5 Å². The Balaban J connectivity index is 1.73. The van der Waals surface area contributed by atoms with E-state index in [1.807, 2.05) is 6.92 Å². The lowest BCUT2D eigenvalue weighted by Crippen LogP contribution is -2.53. The van der Waals surface area contributed by atoms with Crippen LogP contribution in [-0.4, -0.2) is 48.9 Å². The largest absolute Gasteiger partial charge is 0.339 e. The molecule has 0 radical (unpaired) electrons. The Morgan fingerprint density at radius 2 is 2.04 bits per heavy atom. The van der Waals surface area contributed by atoms with Crippen molar-refractivity contribution in [1.82, 2.24) is 10.2 Å². The van der Waals surface area contributed by atoms with Crippen LogP contribution in [0.4, 0.5) is 14.5 Å². The molecule has 2 aliphatic rings. The predicted octanol–water partition coefficient (Wildman–Crippen LogP) is 1.14. The quantitative estimate of drug-likeness (QED) is 0.831. The summed E-state index contributed by atoms with van der Waals surface area (Å²) in [5, 5.41) is 3.25. The van der Waals surface area contributed by atoms with E-state index in [0.717, 1.165) is 12.1 Å². The molecule has 1 N–H and O–H groups in total. The lowest BCUT2D eigenvalue weighted by molar-refractivity contribution is -0.140. The second-order valence-corrected chi connectivity index (χ2v) is 6.07. The number of halogens is 2. The molecule has 2 atom stereocenters. The SMILES string of the molecule is C[C@H]1CN(C(=O)[C@H]2CCN(c3ccc(F)c(F)c3)C2=O)CCN1. The number of carbonyl (C=O) groups excluding carboxylic acids is 2. The summed E-state index contributed by atoms with van der Waals surface area (Å²) in [6, 6.07) is 3.54. The van der Waals surface area contributed by atoms with Gasteiger partial charge in [0.2, 0.25) is 11.8 Å². The normalized spacial score (nSPS) is 25.1. The van der Waals surface area contributed by atoms with Crippen LogP contribution in [0, 0.1) is 17.6 Å². The first-order valence-electron chi connectivity index (χ1n) is 7.76. The van der Waals surface area contributed by atoms with Crippen LogP contribution in [0.3, 0.4) is 0 Å². The molecule has 2 saturated heterocycles. The molecule has 5 nitrogen and oxygen atoms in total. The predicted molar refractivity (Wildman–Crippen MR) is 80.9 cm³/mol. The maximum atomic E-state index is 13.4. The first kappa shape index (κ1) is 15.9. The van der Waals surface area contributed by atoms with Crippen LogP contribution in [0.1, 0.15) is 13.3 Å². The van der Waals surface area contributed by atoms with Crippen molar-refractivity contribution < 1.29 is 18.4 Å². The van der Waals surface area contributed by atoms with Crippen LogP contribution in [-0.2, 0) is 9.59 Å². The highest BCUT2D eigenvalue weighted by Gasteiger charge is 2.40. The van der Waals surface area contributed by atoms with Gasteiger partial charge in [0, 0.05) is 44.0 Å². The molecule has 124 valence electrons. The number of amides is 2. The molecule has 7 heteroatoms. The van der Waals surface area contributed by atoms with Gasteiger partial charge in [-0.3, -0.25) is 9.59 Å². The van der Waals surface area contributed by atoms with Crippen LogP contribution < -0.4 is 10.2 Å². The van der Waals surface area contributed by atoms with Gasteiger partial charge >= 0.3 is 0 Å². The van der Waals surface area contributed by atoms with Crippen LogP contribution in [0.2, 0.25) is 0 Å². The second-order valence-electron chi connectivity index (χ2n) is 6.07. The molecule has 2 amide bonds. The lowest BCUT2D eigenvalue weighted by atomic mass is 10.1. The molecule has 0 saturated carbocycles. The van der Waals surface area contributed by atoms with Gasteiger partial charge in [-0.15, -0.1) is 0 Å². The molecule has 23 heavy (non-hydrogen) atoms. The lowest BCUT2D eigenvalue weighted by Gasteiger charge is -2.33. The Morgan fingerprint density at radius 3 is 2.74 bits per heavy atom. The summed E-state index contributed by atoms with van der Waals surface area (Å²) < 4.78 is 26.4. The Hall–Kier alpha value is -2.02. The first-order valence-corrected chi connectivity index (χ1v) is 7.76. The fraction of sp³-hybridized carbons (Fsp3) is 0.500. The average Bonchev–Trinajstić information content (AvgIpc) is 2.91. The monoisotopic (exact) mass is 323 g/mol. The topological polar surface area (TPSA) is 52.7 Å². The summed E-state index contributed by atoms with van der Waals surface area (Å²) >= 11 is 0. The van der Waals surface area contributed by atoms with Gasteiger partial charge in [0.1, 0.15) is 5.92 Å². The highest BCUT2D eigenvalue weighted by molar-refractivity contribution is 6.09. The van der Waals surface area contributed by atoms with E-state index < -0.39 is 17.6 Å². The van der Waals surface area contributed by atoms with Crippen molar-refractivity contribution in [3.63, 3.8) is 0 Å². The Kier molecular flexibility index (Phi) is 4.30. The molecule has 1 aromatic rings. The molecular weight excluding hydrogens is 304 g/mol. The molecule has 2 fully saturated rings. The summed E-state index contributed by atoms with van der Waals surface area (Å²) in [7, 11) is 0. The van der Waals surface area contributed by atoms with Gasteiger partial charge < -0.3 is 15.1 Å². The fourth-order valence-electron chi connectivity index (χ4n) is 3.17. The first-order chi connectivity index (χ1) is 11.0. The van der Waals surface area contributed by atoms with Crippen LogP contribution in [0.25, 0.3) is 0 Å². The Morgan fingerprint density at radius 1 is 1.26 bits per heavy atom.